The van der Waals surface area contributed by atoms with Gasteiger partial charge in [-0.25, -0.2) is 4.68 Å². The first-order valence-corrected chi connectivity index (χ1v) is 8.07. The van der Waals surface area contributed by atoms with Gasteiger partial charge in [-0.1, -0.05) is 48.0 Å². The second-order valence-electron chi connectivity index (χ2n) is 5.65. The van der Waals surface area contributed by atoms with Crippen LogP contribution in [0.5, 0.6) is 0 Å². The Labute approximate surface area is 146 Å². The third-order valence-corrected chi connectivity index (χ3v) is 4.17. The lowest BCUT2D eigenvalue weighted by Crippen LogP contribution is -2.27. The average molecular weight is 340 g/mol. The first-order chi connectivity index (χ1) is 11.6. The van der Waals surface area contributed by atoms with Crippen LogP contribution in [0.1, 0.15) is 11.1 Å². The van der Waals surface area contributed by atoms with E-state index in [0.717, 1.165) is 16.8 Å². The molecule has 0 N–H and O–H groups in total. The van der Waals surface area contributed by atoms with E-state index in [-0.39, 0.29) is 5.91 Å². The number of hydrogen-bond donors (Lipinski definition) is 0. The summed E-state index contributed by atoms with van der Waals surface area (Å²) in [6.45, 7) is 0.510. The molecule has 3 rings (SSSR count). The maximum Gasteiger partial charge on any atom is 0.227 e. The van der Waals surface area contributed by atoms with E-state index in [1.54, 1.807) is 24.2 Å². The Morgan fingerprint density at radius 3 is 2.58 bits per heavy atom. The molecule has 0 unspecified atom stereocenters. The lowest BCUT2D eigenvalue weighted by molar-refractivity contribution is -0.129. The van der Waals surface area contributed by atoms with E-state index in [2.05, 4.69) is 5.10 Å². The van der Waals surface area contributed by atoms with Gasteiger partial charge in [-0.3, -0.25) is 4.79 Å². The maximum absolute atomic E-state index is 12.4. The number of hydrogen-bond acceptors (Lipinski definition) is 2. The molecule has 1 heterocycles. The van der Waals surface area contributed by atoms with Gasteiger partial charge in [0.15, 0.2) is 0 Å². The van der Waals surface area contributed by atoms with Crippen molar-refractivity contribution < 1.29 is 4.79 Å². The first-order valence-electron chi connectivity index (χ1n) is 7.70. The summed E-state index contributed by atoms with van der Waals surface area (Å²) in [6.07, 6.45) is 4.02. The lowest BCUT2D eigenvalue weighted by atomic mass is 10.1. The van der Waals surface area contributed by atoms with Gasteiger partial charge >= 0.3 is 0 Å². The van der Waals surface area contributed by atoms with E-state index in [4.69, 9.17) is 11.6 Å². The standard InChI is InChI=1S/C19H18ClN3O/c1-22(19(24)11-16-7-5-6-10-18(16)20)13-15-12-21-23(14-15)17-8-3-2-4-9-17/h2-10,12,14H,11,13H2,1H3. The van der Waals surface area contributed by atoms with Gasteiger partial charge in [0.2, 0.25) is 5.91 Å². The first kappa shape index (κ1) is 16.3. The molecule has 0 spiro atoms. The summed E-state index contributed by atoms with van der Waals surface area (Å²) in [5.74, 6) is 0.0237. The molecule has 24 heavy (non-hydrogen) atoms. The number of likely N-dealkylation sites (N-methyl/N-ethyl adjacent to an activating group) is 1. The molecule has 0 atom stereocenters. The summed E-state index contributed by atoms with van der Waals surface area (Å²) in [5, 5.41) is 4.98. The number of benzene rings is 2. The Morgan fingerprint density at radius 1 is 1.12 bits per heavy atom. The average Bonchev–Trinajstić information content (AvgIpc) is 3.06. The minimum atomic E-state index is 0.0237. The lowest BCUT2D eigenvalue weighted by Gasteiger charge is -2.16. The van der Waals surface area contributed by atoms with Crippen LogP contribution in [0.2, 0.25) is 5.02 Å². The van der Waals surface area contributed by atoms with Crippen LogP contribution in [0.25, 0.3) is 5.69 Å². The fourth-order valence-electron chi connectivity index (χ4n) is 2.47. The van der Waals surface area contributed by atoms with Gasteiger partial charge < -0.3 is 4.90 Å². The van der Waals surface area contributed by atoms with Crippen LogP contribution < -0.4 is 0 Å². The molecule has 0 aliphatic carbocycles. The molecule has 1 aromatic heterocycles. The molecule has 0 saturated carbocycles. The Bertz CT molecular complexity index is 829. The normalized spacial score (nSPS) is 10.6. The van der Waals surface area contributed by atoms with Crippen LogP contribution in [0, 0.1) is 0 Å². The molecule has 0 radical (unpaired) electrons. The van der Waals surface area contributed by atoms with E-state index >= 15 is 0 Å². The minimum Gasteiger partial charge on any atom is -0.341 e. The number of amides is 1. The molecule has 1 amide bonds. The number of carbonyl (C=O) groups excluding carboxylic acids is 1. The van der Waals surface area contributed by atoms with Crippen LogP contribution in [-0.2, 0) is 17.8 Å². The maximum atomic E-state index is 12.4. The highest BCUT2D eigenvalue weighted by atomic mass is 35.5. The molecule has 0 bridgehead atoms. The predicted octanol–water partition coefficient (Wildman–Crippen LogP) is 3.73. The molecular formula is C19H18ClN3O. The molecular weight excluding hydrogens is 322 g/mol. The number of rotatable bonds is 5. The fraction of sp³-hybridized carbons (Fsp3) is 0.158. The third-order valence-electron chi connectivity index (χ3n) is 3.80. The van der Waals surface area contributed by atoms with E-state index in [0.29, 0.717) is 18.0 Å². The third kappa shape index (κ3) is 3.84. The molecule has 0 saturated heterocycles. The molecule has 122 valence electrons. The zero-order valence-corrected chi connectivity index (χ0v) is 14.1. The van der Waals surface area contributed by atoms with Crippen molar-refractivity contribution in [2.75, 3.05) is 7.05 Å². The molecule has 4 nitrogen and oxygen atoms in total. The number of nitrogens with zero attached hydrogens (tertiary/aromatic N) is 3. The second-order valence-corrected chi connectivity index (χ2v) is 6.05. The van der Waals surface area contributed by atoms with Crippen LogP contribution in [-0.4, -0.2) is 27.6 Å². The monoisotopic (exact) mass is 339 g/mol. The van der Waals surface area contributed by atoms with Gasteiger partial charge in [0.05, 0.1) is 18.3 Å². The van der Waals surface area contributed by atoms with Crippen molar-refractivity contribution >= 4 is 17.5 Å². The largest absolute Gasteiger partial charge is 0.341 e. The van der Waals surface area contributed by atoms with Gasteiger partial charge in [-0.15, -0.1) is 0 Å². The number of aromatic nitrogens is 2. The topological polar surface area (TPSA) is 38.1 Å². The van der Waals surface area contributed by atoms with Crippen molar-refractivity contribution in [3.05, 3.63) is 83.1 Å². The van der Waals surface area contributed by atoms with Crippen LogP contribution in [0.4, 0.5) is 0 Å². The summed E-state index contributed by atoms with van der Waals surface area (Å²) in [4.78, 5) is 14.1. The van der Waals surface area contributed by atoms with Gasteiger partial charge in [0.1, 0.15) is 0 Å². The minimum absolute atomic E-state index is 0.0237. The highest BCUT2D eigenvalue weighted by Gasteiger charge is 2.13. The van der Waals surface area contributed by atoms with Gasteiger partial charge in [-0.05, 0) is 23.8 Å². The molecule has 5 heteroatoms. The second kappa shape index (κ2) is 7.32. The summed E-state index contributed by atoms with van der Waals surface area (Å²) in [7, 11) is 1.79. The zero-order chi connectivity index (χ0) is 16.9. The Kier molecular flexibility index (Phi) is 4.96. The van der Waals surface area contributed by atoms with Crippen LogP contribution in [0.15, 0.2) is 67.0 Å². The van der Waals surface area contributed by atoms with Crippen molar-refractivity contribution in [3.63, 3.8) is 0 Å². The highest BCUT2D eigenvalue weighted by molar-refractivity contribution is 6.31. The van der Waals surface area contributed by atoms with E-state index in [1.807, 2.05) is 59.4 Å². The smallest absolute Gasteiger partial charge is 0.227 e. The summed E-state index contributed by atoms with van der Waals surface area (Å²) < 4.78 is 1.81. The van der Waals surface area contributed by atoms with Crippen LogP contribution in [0.3, 0.4) is 0 Å². The molecule has 3 aromatic rings. The van der Waals surface area contributed by atoms with Gasteiger partial charge in [-0.2, -0.15) is 5.10 Å². The molecule has 2 aromatic carbocycles. The Hall–Kier alpha value is -2.59. The van der Waals surface area contributed by atoms with Crippen molar-refractivity contribution in [1.29, 1.82) is 0 Å². The van der Waals surface area contributed by atoms with Crippen molar-refractivity contribution in [2.45, 2.75) is 13.0 Å². The molecule has 0 fully saturated rings. The summed E-state index contributed by atoms with van der Waals surface area (Å²) >= 11 is 6.12. The SMILES string of the molecule is CN(Cc1cnn(-c2ccccc2)c1)C(=O)Cc1ccccc1Cl. The zero-order valence-electron chi connectivity index (χ0n) is 13.4. The highest BCUT2D eigenvalue weighted by Crippen LogP contribution is 2.16. The fourth-order valence-corrected chi connectivity index (χ4v) is 2.67. The van der Waals surface area contributed by atoms with Crippen LogP contribution >= 0.6 is 11.6 Å². The predicted molar refractivity (Wildman–Crippen MR) is 95.2 cm³/mol. The van der Waals surface area contributed by atoms with Gasteiger partial charge in [0.25, 0.3) is 0 Å². The Balaban J connectivity index is 1.65. The quantitative estimate of drug-likeness (QED) is 0.710. The van der Waals surface area contributed by atoms with Gasteiger partial charge in [0, 0.05) is 30.4 Å². The number of para-hydroxylation sites is 1. The molecule has 0 aliphatic rings. The number of carbonyl (C=O) groups is 1. The van der Waals surface area contributed by atoms with Crippen molar-refractivity contribution in [1.82, 2.24) is 14.7 Å². The van der Waals surface area contributed by atoms with E-state index in [9.17, 15) is 4.79 Å². The van der Waals surface area contributed by atoms with E-state index < -0.39 is 0 Å². The van der Waals surface area contributed by atoms with E-state index in [1.165, 1.54) is 0 Å². The van der Waals surface area contributed by atoms with Crippen molar-refractivity contribution in [3.8, 4) is 5.69 Å². The summed E-state index contributed by atoms with van der Waals surface area (Å²) in [6, 6.07) is 17.3. The summed E-state index contributed by atoms with van der Waals surface area (Å²) in [5.41, 5.74) is 2.82. The molecule has 0 aliphatic heterocycles. The van der Waals surface area contributed by atoms with Crippen molar-refractivity contribution in [2.24, 2.45) is 0 Å². The Morgan fingerprint density at radius 2 is 1.83 bits per heavy atom. The number of halogens is 1.